The second-order valence-electron chi connectivity index (χ2n) is 5.87. The number of amides is 1. The summed E-state index contributed by atoms with van der Waals surface area (Å²) in [7, 11) is 4.95. The van der Waals surface area contributed by atoms with Crippen LogP contribution in [-0.2, 0) is 4.79 Å². The number of benzene rings is 2. The quantitative estimate of drug-likeness (QED) is 0.736. The molecule has 0 radical (unpaired) electrons. The van der Waals surface area contributed by atoms with E-state index in [1.54, 1.807) is 32.2 Å². The fourth-order valence-corrected chi connectivity index (χ4v) is 3.38. The van der Waals surface area contributed by atoms with Crippen LogP contribution in [-0.4, -0.2) is 37.1 Å². The molecule has 2 aromatic carbocycles. The molecule has 4 rings (SSSR count). The van der Waals surface area contributed by atoms with Gasteiger partial charge < -0.3 is 14.4 Å². The minimum atomic E-state index is -0.454. The zero-order valence-electron chi connectivity index (χ0n) is 14.2. The van der Waals surface area contributed by atoms with Gasteiger partial charge in [0, 0.05) is 24.2 Å². The molecule has 0 N–H and O–H groups in total. The van der Waals surface area contributed by atoms with E-state index in [2.05, 4.69) is 9.97 Å². The molecule has 1 aliphatic heterocycles. The van der Waals surface area contributed by atoms with Crippen LogP contribution in [0.4, 0.5) is 5.69 Å². The number of hydrogen-bond donors (Lipinski definition) is 0. The van der Waals surface area contributed by atoms with E-state index in [0.717, 1.165) is 16.6 Å². The van der Waals surface area contributed by atoms with Gasteiger partial charge in [-0.1, -0.05) is 18.2 Å². The van der Waals surface area contributed by atoms with Gasteiger partial charge in [0.1, 0.15) is 12.2 Å². The van der Waals surface area contributed by atoms with Crippen molar-refractivity contribution in [2.45, 2.75) is 5.92 Å². The Bertz CT molecular complexity index is 987. The Balaban J connectivity index is 1.97. The zero-order valence-corrected chi connectivity index (χ0v) is 14.2. The van der Waals surface area contributed by atoms with Crippen LogP contribution in [0.5, 0.6) is 11.5 Å². The minimum Gasteiger partial charge on any atom is -0.493 e. The Morgan fingerprint density at radius 2 is 1.76 bits per heavy atom. The molecule has 0 bridgehead atoms. The van der Waals surface area contributed by atoms with Crippen molar-refractivity contribution in [1.82, 2.24) is 9.97 Å². The van der Waals surface area contributed by atoms with Crippen LogP contribution in [0.1, 0.15) is 17.2 Å². The smallest absolute Gasteiger partial charge is 0.240 e. The lowest BCUT2D eigenvalue weighted by Gasteiger charge is -2.14. The molecule has 0 saturated carbocycles. The Morgan fingerprint density at radius 1 is 1.04 bits per heavy atom. The highest BCUT2D eigenvalue weighted by molar-refractivity contribution is 6.08. The molecule has 6 nitrogen and oxygen atoms in total. The Labute approximate surface area is 145 Å². The summed E-state index contributed by atoms with van der Waals surface area (Å²) >= 11 is 0. The summed E-state index contributed by atoms with van der Waals surface area (Å²) in [4.78, 5) is 23.3. The highest BCUT2D eigenvalue weighted by Crippen LogP contribution is 2.42. The van der Waals surface area contributed by atoms with Gasteiger partial charge in [0.2, 0.25) is 5.91 Å². The number of ether oxygens (including phenoxy) is 2. The molecule has 1 aromatic heterocycles. The summed E-state index contributed by atoms with van der Waals surface area (Å²) in [6.45, 7) is 0. The fourth-order valence-electron chi connectivity index (χ4n) is 3.38. The third kappa shape index (κ3) is 2.21. The first-order valence-electron chi connectivity index (χ1n) is 7.88. The topological polar surface area (TPSA) is 64.6 Å². The van der Waals surface area contributed by atoms with Crippen molar-refractivity contribution in [1.29, 1.82) is 0 Å². The number of fused-ring (bicyclic) bond motifs is 2. The van der Waals surface area contributed by atoms with Crippen molar-refractivity contribution in [3.63, 3.8) is 0 Å². The molecular formula is C19H17N3O3. The molecule has 0 aliphatic carbocycles. The summed E-state index contributed by atoms with van der Waals surface area (Å²) < 4.78 is 10.7. The normalized spacial score (nSPS) is 16.2. The minimum absolute atomic E-state index is 0.00372. The van der Waals surface area contributed by atoms with Gasteiger partial charge in [0.05, 0.1) is 25.4 Å². The van der Waals surface area contributed by atoms with Crippen LogP contribution in [0.25, 0.3) is 10.9 Å². The molecule has 25 heavy (non-hydrogen) atoms. The van der Waals surface area contributed by atoms with Crippen molar-refractivity contribution in [2.75, 3.05) is 26.2 Å². The summed E-state index contributed by atoms with van der Waals surface area (Å²) in [5.41, 5.74) is 3.24. The number of aromatic nitrogens is 2. The Morgan fingerprint density at radius 3 is 2.52 bits per heavy atom. The van der Waals surface area contributed by atoms with Crippen molar-refractivity contribution >= 4 is 22.5 Å². The van der Waals surface area contributed by atoms with Gasteiger partial charge in [-0.2, -0.15) is 0 Å². The van der Waals surface area contributed by atoms with Crippen LogP contribution in [0, 0.1) is 0 Å². The average Bonchev–Trinajstić information content (AvgIpc) is 2.91. The summed E-state index contributed by atoms with van der Waals surface area (Å²) in [5, 5.41) is 0.781. The second-order valence-corrected chi connectivity index (χ2v) is 5.87. The van der Waals surface area contributed by atoms with Gasteiger partial charge in [-0.25, -0.2) is 9.97 Å². The largest absolute Gasteiger partial charge is 0.493 e. The number of likely N-dealkylation sites (N-methyl/N-ethyl adjacent to an activating group) is 1. The lowest BCUT2D eigenvalue weighted by molar-refractivity contribution is -0.118. The Kier molecular flexibility index (Phi) is 3.53. The number of hydrogen-bond acceptors (Lipinski definition) is 5. The van der Waals surface area contributed by atoms with Crippen LogP contribution < -0.4 is 14.4 Å². The molecule has 126 valence electrons. The molecular weight excluding hydrogens is 318 g/mol. The summed E-state index contributed by atoms with van der Waals surface area (Å²) in [6.07, 6.45) is 1.48. The van der Waals surface area contributed by atoms with E-state index in [1.807, 2.05) is 30.3 Å². The van der Waals surface area contributed by atoms with Gasteiger partial charge >= 0.3 is 0 Å². The van der Waals surface area contributed by atoms with Gasteiger partial charge in [0.15, 0.2) is 11.5 Å². The first-order valence-corrected chi connectivity index (χ1v) is 7.88. The lowest BCUT2D eigenvalue weighted by atomic mass is 9.94. The van der Waals surface area contributed by atoms with Gasteiger partial charge in [-0.3, -0.25) is 4.79 Å². The highest BCUT2D eigenvalue weighted by Gasteiger charge is 2.38. The number of carbonyl (C=O) groups excluding carboxylic acids is 1. The molecule has 1 aliphatic rings. The van der Waals surface area contributed by atoms with Crippen LogP contribution >= 0.6 is 0 Å². The molecule has 0 fully saturated rings. The second kappa shape index (κ2) is 5.73. The first kappa shape index (κ1) is 15.4. The fraction of sp³-hybridized carbons (Fsp3) is 0.211. The predicted molar refractivity (Wildman–Crippen MR) is 94.3 cm³/mol. The molecule has 6 heteroatoms. The van der Waals surface area contributed by atoms with E-state index in [-0.39, 0.29) is 5.91 Å². The van der Waals surface area contributed by atoms with E-state index in [0.29, 0.717) is 22.7 Å². The number of rotatable bonds is 3. The van der Waals surface area contributed by atoms with Crippen molar-refractivity contribution < 1.29 is 14.3 Å². The third-order valence-corrected chi connectivity index (χ3v) is 4.63. The van der Waals surface area contributed by atoms with E-state index >= 15 is 0 Å². The van der Waals surface area contributed by atoms with Crippen LogP contribution in [0.2, 0.25) is 0 Å². The number of para-hydroxylation sites is 1. The molecule has 1 amide bonds. The first-order chi connectivity index (χ1) is 12.2. The molecule has 1 unspecified atom stereocenters. The maximum absolute atomic E-state index is 12.9. The Hall–Kier alpha value is -3.15. The van der Waals surface area contributed by atoms with E-state index in [1.165, 1.54) is 6.33 Å². The highest BCUT2D eigenvalue weighted by atomic mass is 16.5. The van der Waals surface area contributed by atoms with Crippen LogP contribution in [0.15, 0.2) is 42.7 Å². The molecule has 2 heterocycles. The van der Waals surface area contributed by atoms with E-state index in [4.69, 9.17) is 9.47 Å². The van der Waals surface area contributed by atoms with Crippen molar-refractivity contribution in [3.05, 3.63) is 54.0 Å². The summed E-state index contributed by atoms with van der Waals surface area (Å²) in [5.74, 6) is 0.717. The average molecular weight is 335 g/mol. The maximum atomic E-state index is 12.9. The lowest BCUT2D eigenvalue weighted by Crippen LogP contribution is -2.25. The van der Waals surface area contributed by atoms with Gasteiger partial charge in [0.25, 0.3) is 0 Å². The monoisotopic (exact) mass is 335 g/mol. The number of methoxy groups -OCH3 is 2. The van der Waals surface area contributed by atoms with E-state index < -0.39 is 5.92 Å². The zero-order chi connectivity index (χ0) is 17.6. The van der Waals surface area contributed by atoms with E-state index in [9.17, 15) is 4.79 Å². The molecule has 1 atom stereocenters. The van der Waals surface area contributed by atoms with Gasteiger partial charge in [-0.15, -0.1) is 0 Å². The third-order valence-electron chi connectivity index (χ3n) is 4.63. The predicted octanol–water partition coefficient (Wildman–Crippen LogP) is 2.76. The van der Waals surface area contributed by atoms with Gasteiger partial charge in [-0.05, 0) is 17.7 Å². The number of anilines is 1. The van der Waals surface area contributed by atoms with Crippen molar-refractivity contribution in [3.8, 4) is 11.5 Å². The molecule has 0 spiro atoms. The number of carbonyl (C=O) groups is 1. The number of nitrogens with zero attached hydrogens (tertiary/aromatic N) is 3. The molecule has 3 aromatic rings. The molecule has 0 saturated heterocycles. The van der Waals surface area contributed by atoms with Crippen molar-refractivity contribution in [2.24, 2.45) is 0 Å². The van der Waals surface area contributed by atoms with Crippen LogP contribution in [0.3, 0.4) is 0 Å². The standard InChI is InChI=1S/C19H17N3O3/c1-22-14-7-5-4-6-11(14)17(19(22)23)18-12-8-15(24-2)16(25-3)9-13(12)20-10-21-18/h4-10,17H,1-3H3. The SMILES string of the molecule is COc1cc2ncnc(C3C(=O)N(C)c4ccccc43)c2cc1OC. The summed E-state index contributed by atoms with van der Waals surface area (Å²) in [6, 6.07) is 11.4. The maximum Gasteiger partial charge on any atom is 0.240 e.